The van der Waals surface area contributed by atoms with E-state index in [0.717, 1.165) is 0 Å². The third kappa shape index (κ3) is 4.61. The highest BCUT2D eigenvalue weighted by molar-refractivity contribution is 6.52. The minimum absolute atomic E-state index is 0.103. The van der Waals surface area contributed by atoms with Crippen LogP contribution >= 0.6 is 23.2 Å². The fraction of sp³-hybridized carbons (Fsp3) is 0.214. The van der Waals surface area contributed by atoms with Gasteiger partial charge in [-0.05, 0) is 73.9 Å². The summed E-state index contributed by atoms with van der Waals surface area (Å²) in [6, 6.07) is 11.8. The number of nitrogens with zero attached hydrogens (tertiary/aromatic N) is 1. The molecule has 1 amide bonds. The van der Waals surface area contributed by atoms with Crippen LogP contribution in [-0.4, -0.2) is 35.6 Å². The maximum Gasteiger partial charge on any atom is 0.300 e. The van der Waals surface area contributed by atoms with Gasteiger partial charge in [0.05, 0.1) is 35.9 Å². The van der Waals surface area contributed by atoms with Crippen molar-refractivity contribution in [1.82, 2.24) is 0 Å². The van der Waals surface area contributed by atoms with Crippen LogP contribution in [0.25, 0.3) is 5.76 Å². The predicted molar refractivity (Wildman–Crippen MR) is 143 cm³/mol. The average Bonchev–Trinajstić information content (AvgIpc) is 3.11. The van der Waals surface area contributed by atoms with Crippen molar-refractivity contribution in [1.29, 1.82) is 0 Å². The zero-order valence-electron chi connectivity index (χ0n) is 20.6. The van der Waals surface area contributed by atoms with Crippen LogP contribution in [0.4, 0.5) is 5.69 Å². The van der Waals surface area contributed by atoms with Gasteiger partial charge in [0.2, 0.25) is 0 Å². The van der Waals surface area contributed by atoms with Gasteiger partial charge in [0, 0.05) is 10.7 Å². The molecule has 3 aromatic rings. The summed E-state index contributed by atoms with van der Waals surface area (Å²) in [6.07, 6.45) is 0. The van der Waals surface area contributed by atoms with Gasteiger partial charge < -0.3 is 19.7 Å². The number of Topliss-reactive ketones (excluding diaryl/α,β-unsaturated/α-hetero) is 1. The van der Waals surface area contributed by atoms with E-state index < -0.39 is 23.5 Å². The number of aryl methyl sites for hydroxylation is 1. The summed E-state index contributed by atoms with van der Waals surface area (Å²) in [4.78, 5) is 28.3. The van der Waals surface area contributed by atoms with Crippen molar-refractivity contribution >= 4 is 46.3 Å². The number of carbonyl (C=O) groups is 2. The van der Waals surface area contributed by atoms with Crippen LogP contribution in [0.5, 0.6) is 17.2 Å². The van der Waals surface area contributed by atoms with Crippen molar-refractivity contribution in [3.05, 3.63) is 86.4 Å². The lowest BCUT2D eigenvalue weighted by Gasteiger charge is -2.27. The smallest absolute Gasteiger partial charge is 0.300 e. The number of phenolic OH excluding ortho intramolecular Hbond substituents is 1. The molecule has 0 bridgehead atoms. The molecule has 1 saturated heterocycles. The number of aliphatic hydroxyl groups is 1. The average molecular weight is 542 g/mol. The Morgan fingerprint density at radius 1 is 1.05 bits per heavy atom. The first-order valence-electron chi connectivity index (χ1n) is 11.5. The maximum atomic E-state index is 13.5. The van der Waals surface area contributed by atoms with E-state index in [1.807, 2.05) is 0 Å². The molecular formula is C28H25Cl2NO6. The van der Waals surface area contributed by atoms with E-state index >= 15 is 0 Å². The molecule has 4 rings (SSSR count). The number of ether oxygens (including phenoxy) is 2. The van der Waals surface area contributed by atoms with Crippen LogP contribution < -0.4 is 14.4 Å². The number of amides is 1. The summed E-state index contributed by atoms with van der Waals surface area (Å²) in [5, 5.41) is 22.5. The fourth-order valence-electron chi connectivity index (χ4n) is 4.48. The number of methoxy groups -OCH3 is 1. The summed E-state index contributed by atoms with van der Waals surface area (Å²) in [5.41, 5.74) is 2.13. The van der Waals surface area contributed by atoms with Crippen molar-refractivity contribution in [2.24, 2.45) is 0 Å². The van der Waals surface area contributed by atoms with Gasteiger partial charge in [0.15, 0.2) is 11.5 Å². The third-order valence-electron chi connectivity index (χ3n) is 6.19. The second kappa shape index (κ2) is 10.4. The molecule has 0 saturated carbocycles. The molecule has 192 valence electrons. The quantitative estimate of drug-likeness (QED) is 0.214. The number of aliphatic hydroxyl groups excluding tert-OH is 1. The lowest BCUT2D eigenvalue weighted by atomic mass is 9.94. The van der Waals surface area contributed by atoms with Crippen molar-refractivity contribution in [2.45, 2.75) is 26.8 Å². The summed E-state index contributed by atoms with van der Waals surface area (Å²) in [7, 11) is 1.40. The molecule has 1 aliphatic rings. The van der Waals surface area contributed by atoms with Gasteiger partial charge in [-0.25, -0.2) is 0 Å². The Balaban J connectivity index is 2.06. The van der Waals surface area contributed by atoms with Crippen LogP contribution in [0.15, 0.2) is 54.1 Å². The van der Waals surface area contributed by atoms with Crippen LogP contribution in [0.1, 0.15) is 35.2 Å². The number of hydrogen-bond donors (Lipinski definition) is 2. The SMILES string of the molecule is CCOc1cc(C2/C(=C(\O)c3cc(C)cc(Cl)c3OC)C(=O)C(=O)N2c2cccc(Cl)c2C)ccc1O. The largest absolute Gasteiger partial charge is 0.507 e. The lowest BCUT2D eigenvalue weighted by Crippen LogP contribution is -2.30. The van der Waals surface area contributed by atoms with E-state index in [1.54, 1.807) is 57.2 Å². The highest BCUT2D eigenvalue weighted by Gasteiger charge is 2.48. The first-order valence-corrected chi connectivity index (χ1v) is 12.2. The Kier molecular flexibility index (Phi) is 7.39. The van der Waals surface area contributed by atoms with E-state index in [2.05, 4.69) is 0 Å². The van der Waals surface area contributed by atoms with E-state index in [9.17, 15) is 19.8 Å². The molecule has 37 heavy (non-hydrogen) atoms. The first-order chi connectivity index (χ1) is 17.6. The maximum absolute atomic E-state index is 13.5. The van der Waals surface area contributed by atoms with Gasteiger partial charge in [-0.15, -0.1) is 0 Å². The number of carbonyl (C=O) groups excluding carboxylic acids is 2. The lowest BCUT2D eigenvalue weighted by molar-refractivity contribution is -0.132. The number of aromatic hydroxyl groups is 1. The summed E-state index contributed by atoms with van der Waals surface area (Å²) < 4.78 is 11.0. The molecule has 1 atom stereocenters. The predicted octanol–water partition coefficient (Wildman–Crippen LogP) is 6.35. The number of hydrogen-bond acceptors (Lipinski definition) is 6. The van der Waals surface area contributed by atoms with Crippen molar-refractivity contribution in [3.8, 4) is 17.2 Å². The van der Waals surface area contributed by atoms with Crippen LogP contribution in [0.3, 0.4) is 0 Å². The Bertz CT molecular complexity index is 1450. The summed E-state index contributed by atoms with van der Waals surface area (Å²) in [5.74, 6) is -1.96. The Morgan fingerprint density at radius 2 is 1.78 bits per heavy atom. The molecule has 0 radical (unpaired) electrons. The Hall–Kier alpha value is -3.68. The Morgan fingerprint density at radius 3 is 2.46 bits per heavy atom. The number of halogens is 2. The molecule has 7 nitrogen and oxygen atoms in total. The van der Waals surface area contributed by atoms with Gasteiger partial charge >= 0.3 is 0 Å². The normalized spacial score (nSPS) is 16.8. The molecule has 0 aliphatic carbocycles. The molecule has 3 aromatic carbocycles. The number of anilines is 1. The minimum Gasteiger partial charge on any atom is -0.507 e. The standard InChI is InChI=1S/C28H25Cl2NO6/c1-5-37-22-13-16(9-10-21(22)32)24-23(25(33)17-11-14(2)12-19(30)27(17)36-4)26(34)28(35)31(24)20-8-6-7-18(29)15(20)3/h6-13,24,32-33H,5H2,1-4H3/b25-23+. The zero-order valence-corrected chi connectivity index (χ0v) is 22.1. The molecule has 1 heterocycles. The minimum atomic E-state index is -1.07. The molecular weight excluding hydrogens is 517 g/mol. The number of benzene rings is 3. The van der Waals surface area contributed by atoms with Gasteiger partial charge in [0.25, 0.3) is 11.7 Å². The highest BCUT2D eigenvalue weighted by Crippen LogP contribution is 2.47. The molecule has 0 spiro atoms. The van der Waals surface area contributed by atoms with E-state index in [0.29, 0.717) is 27.4 Å². The second-order valence-electron chi connectivity index (χ2n) is 8.54. The van der Waals surface area contributed by atoms with E-state index in [1.165, 1.54) is 24.1 Å². The monoisotopic (exact) mass is 541 g/mol. The molecule has 1 aliphatic heterocycles. The van der Waals surface area contributed by atoms with Crippen molar-refractivity contribution in [3.63, 3.8) is 0 Å². The van der Waals surface area contributed by atoms with Gasteiger partial charge in [-0.2, -0.15) is 0 Å². The van der Waals surface area contributed by atoms with Gasteiger partial charge in [-0.3, -0.25) is 14.5 Å². The van der Waals surface area contributed by atoms with Crippen LogP contribution in [0, 0.1) is 13.8 Å². The van der Waals surface area contributed by atoms with E-state index in [4.69, 9.17) is 32.7 Å². The summed E-state index contributed by atoms with van der Waals surface area (Å²) in [6.45, 7) is 5.56. The number of rotatable bonds is 6. The van der Waals surface area contributed by atoms with Crippen molar-refractivity contribution < 1.29 is 29.3 Å². The summed E-state index contributed by atoms with van der Waals surface area (Å²) >= 11 is 12.7. The van der Waals surface area contributed by atoms with Gasteiger partial charge in [-0.1, -0.05) is 35.3 Å². The molecule has 0 aromatic heterocycles. The topological polar surface area (TPSA) is 96.3 Å². The molecule has 9 heteroatoms. The fourth-order valence-corrected chi connectivity index (χ4v) is 5.00. The van der Waals surface area contributed by atoms with Crippen LogP contribution in [-0.2, 0) is 9.59 Å². The number of ketones is 1. The third-order valence-corrected chi connectivity index (χ3v) is 6.88. The first kappa shape index (κ1) is 26.4. The van der Waals surface area contributed by atoms with Gasteiger partial charge in [0.1, 0.15) is 11.5 Å². The zero-order chi connectivity index (χ0) is 27.0. The number of phenols is 1. The Labute approximate surface area is 224 Å². The molecule has 1 fully saturated rings. The second-order valence-corrected chi connectivity index (χ2v) is 9.36. The van der Waals surface area contributed by atoms with Crippen LogP contribution in [0.2, 0.25) is 10.0 Å². The molecule has 2 N–H and O–H groups in total. The van der Waals surface area contributed by atoms with E-state index in [-0.39, 0.29) is 40.0 Å². The highest BCUT2D eigenvalue weighted by atomic mass is 35.5. The van der Waals surface area contributed by atoms with Crippen molar-refractivity contribution in [2.75, 3.05) is 18.6 Å². The molecule has 1 unspecified atom stereocenters.